The normalized spacial score (nSPS) is 37.0. The molecule has 2 aliphatic heterocycles. The van der Waals surface area contributed by atoms with Gasteiger partial charge in [-0.25, -0.2) is 0 Å². The summed E-state index contributed by atoms with van der Waals surface area (Å²) >= 11 is 0. The van der Waals surface area contributed by atoms with E-state index in [9.17, 15) is 9.59 Å². The first kappa shape index (κ1) is 14.7. The second-order valence-electron chi connectivity index (χ2n) is 8.03. The third-order valence-corrected chi connectivity index (χ3v) is 6.86. The fourth-order valence-electron chi connectivity index (χ4n) is 4.79. The van der Waals surface area contributed by atoms with Crippen LogP contribution in [0.1, 0.15) is 46.1 Å². The minimum atomic E-state index is -1.02. The van der Waals surface area contributed by atoms with Crippen LogP contribution in [-0.2, 0) is 20.7 Å². The Morgan fingerprint density at radius 1 is 1.22 bits per heavy atom. The van der Waals surface area contributed by atoms with Gasteiger partial charge < -0.3 is 9.64 Å². The molecule has 4 rings (SSSR count). The van der Waals surface area contributed by atoms with Crippen molar-refractivity contribution in [2.24, 2.45) is 10.8 Å². The van der Waals surface area contributed by atoms with Gasteiger partial charge in [-0.05, 0) is 44.7 Å². The van der Waals surface area contributed by atoms with Crippen LogP contribution in [-0.4, -0.2) is 23.5 Å². The Hall–Kier alpha value is -1.84. The number of hydrogen-bond acceptors (Lipinski definition) is 3. The number of amides is 1. The highest BCUT2D eigenvalue weighted by Gasteiger charge is 2.76. The van der Waals surface area contributed by atoms with Gasteiger partial charge in [0.25, 0.3) is 5.91 Å². The molecule has 2 heterocycles. The Bertz CT molecular complexity index is 725. The van der Waals surface area contributed by atoms with Gasteiger partial charge in [0.2, 0.25) is 0 Å². The number of ether oxygens (including phenoxy) is 1. The number of carbonyl (C=O) groups excluding carboxylic acids is 2. The summed E-state index contributed by atoms with van der Waals surface area (Å²) in [7, 11) is 0. The number of hydrogen-bond donors (Lipinski definition) is 0. The number of fused-ring (bicyclic) bond motifs is 3. The van der Waals surface area contributed by atoms with E-state index < -0.39 is 16.4 Å². The smallest absolute Gasteiger partial charge is 0.313 e. The molecular formula is C19H23NO3. The molecule has 0 N–H and O–H groups in total. The van der Waals surface area contributed by atoms with Crippen LogP contribution in [0.15, 0.2) is 24.3 Å². The van der Waals surface area contributed by atoms with Crippen molar-refractivity contribution in [1.29, 1.82) is 0 Å². The molecule has 2 fully saturated rings. The van der Waals surface area contributed by atoms with Gasteiger partial charge in [-0.2, -0.15) is 0 Å². The van der Waals surface area contributed by atoms with Gasteiger partial charge in [-0.1, -0.05) is 32.0 Å². The average Bonchev–Trinajstić information content (AvgIpc) is 2.99. The number of esters is 1. The van der Waals surface area contributed by atoms with Gasteiger partial charge >= 0.3 is 5.97 Å². The lowest BCUT2D eigenvalue weighted by Gasteiger charge is -2.39. The van der Waals surface area contributed by atoms with Gasteiger partial charge in [0, 0.05) is 17.1 Å². The predicted molar refractivity (Wildman–Crippen MR) is 87.0 cm³/mol. The molecule has 4 nitrogen and oxygen atoms in total. The summed E-state index contributed by atoms with van der Waals surface area (Å²) in [5.41, 5.74) is 0.0700. The molecule has 0 spiro atoms. The van der Waals surface area contributed by atoms with E-state index >= 15 is 0 Å². The Kier molecular flexibility index (Phi) is 2.67. The summed E-state index contributed by atoms with van der Waals surface area (Å²) in [5.74, 6) is -0.267. The molecule has 122 valence electrons. The first-order valence-corrected chi connectivity index (χ1v) is 8.40. The fourth-order valence-corrected chi connectivity index (χ4v) is 4.79. The van der Waals surface area contributed by atoms with Crippen molar-refractivity contribution in [3.8, 4) is 0 Å². The van der Waals surface area contributed by atoms with Crippen LogP contribution in [0.25, 0.3) is 0 Å². The van der Waals surface area contributed by atoms with Gasteiger partial charge in [0.15, 0.2) is 5.60 Å². The van der Waals surface area contributed by atoms with Gasteiger partial charge in [-0.15, -0.1) is 0 Å². The molecule has 1 saturated carbocycles. The summed E-state index contributed by atoms with van der Waals surface area (Å²) in [6, 6.07) is 8.12. The molecule has 0 unspecified atom stereocenters. The lowest BCUT2D eigenvalue weighted by molar-refractivity contribution is -0.167. The molecule has 1 aromatic rings. The predicted octanol–water partition coefficient (Wildman–Crippen LogP) is 3.09. The van der Waals surface area contributed by atoms with Crippen LogP contribution in [0.2, 0.25) is 0 Å². The maximum absolute atomic E-state index is 13.6. The van der Waals surface area contributed by atoms with Crippen molar-refractivity contribution < 1.29 is 14.3 Å². The molecule has 0 radical (unpaired) electrons. The molecule has 3 aliphatic rings. The lowest BCUT2D eigenvalue weighted by Crippen LogP contribution is -2.56. The molecule has 1 saturated heterocycles. The fraction of sp³-hybridized carbons (Fsp3) is 0.579. The number of rotatable bonds is 1. The summed E-state index contributed by atoms with van der Waals surface area (Å²) in [6.45, 7) is 8.02. The number of nitrogens with zero attached hydrogens (tertiary/aromatic N) is 1. The number of benzene rings is 1. The van der Waals surface area contributed by atoms with E-state index in [1.807, 2.05) is 43.9 Å². The highest BCUT2D eigenvalue weighted by molar-refractivity contribution is 6.06. The third kappa shape index (κ3) is 1.47. The Morgan fingerprint density at radius 2 is 1.91 bits per heavy atom. The van der Waals surface area contributed by atoms with Crippen LogP contribution in [0.4, 0.5) is 5.69 Å². The largest absolute Gasteiger partial charge is 0.448 e. The molecule has 23 heavy (non-hydrogen) atoms. The zero-order chi connectivity index (χ0) is 16.6. The third-order valence-electron chi connectivity index (χ3n) is 6.86. The van der Waals surface area contributed by atoms with Crippen molar-refractivity contribution in [1.82, 2.24) is 0 Å². The first-order valence-electron chi connectivity index (χ1n) is 8.40. The Morgan fingerprint density at radius 3 is 2.52 bits per heavy atom. The van der Waals surface area contributed by atoms with E-state index in [1.54, 1.807) is 0 Å². The zero-order valence-electron chi connectivity index (χ0n) is 14.2. The SMILES string of the molecule is C[C@@H]1Cc2ccccc2N1C(=O)[C@@]12CC[C@](C)(C(=O)O1)C2(C)C. The number of para-hydroxylation sites is 1. The summed E-state index contributed by atoms with van der Waals surface area (Å²) < 4.78 is 5.77. The highest BCUT2D eigenvalue weighted by atomic mass is 16.6. The van der Waals surface area contributed by atoms with Crippen molar-refractivity contribution in [3.63, 3.8) is 0 Å². The minimum absolute atomic E-state index is 0.0467. The lowest BCUT2D eigenvalue weighted by atomic mass is 9.66. The van der Waals surface area contributed by atoms with Crippen molar-refractivity contribution in [3.05, 3.63) is 29.8 Å². The average molecular weight is 313 g/mol. The second-order valence-corrected chi connectivity index (χ2v) is 8.03. The molecule has 1 aliphatic carbocycles. The van der Waals surface area contributed by atoms with E-state index in [0.29, 0.717) is 12.8 Å². The zero-order valence-corrected chi connectivity index (χ0v) is 14.2. The Labute approximate surface area is 136 Å². The topological polar surface area (TPSA) is 46.6 Å². The van der Waals surface area contributed by atoms with Gasteiger partial charge in [-0.3, -0.25) is 9.59 Å². The first-order chi connectivity index (χ1) is 10.7. The Balaban J connectivity index is 1.80. The summed E-state index contributed by atoms with van der Waals surface area (Å²) in [5, 5.41) is 0. The number of anilines is 1. The van der Waals surface area contributed by atoms with Crippen molar-refractivity contribution >= 4 is 17.6 Å². The molecule has 3 atom stereocenters. The van der Waals surface area contributed by atoms with E-state index in [4.69, 9.17) is 4.74 Å². The van der Waals surface area contributed by atoms with Crippen molar-refractivity contribution in [2.45, 2.75) is 58.6 Å². The van der Waals surface area contributed by atoms with Crippen molar-refractivity contribution in [2.75, 3.05) is 4.90 Å². The molecular weight excluding hydrogens is 290 g/mol. The van der Waals surface area contributed by atoms with E-state index in [-0.39, 0.29) is 17.9 Å². The quantitative estimate of drug-likeness (QED) is 0.749. The molecule has 1 amide bonds. The molecule has 4 heteroatoms. The van der Waals surface area contributed by atoms with Crippen LogP contribution in [0, 0.1) is 10.8 Å². The standard InChI is InChI=1S/C19H23NO3/c1-12-11-13-7-5-6-8-14(13)20(12)15(21)19-10-9-18(4,16(22)23-19)17(19,2)3/h5-8,12H,9-11H2,1-4H3/t12-,18-,19-/m1/s1. The van der Waals surface area contributed by atoms with Gasteiger partial charge in [0.05, 0.1) is 5.41 Å². The van der Waals surface area contributed by atoms with Gasteiger partial charge in [0.1, 0.15) is 0 Å². The van der Waals surface area contributed by atoms with Crippen LogP contribution < -0.4 is 4.90 Å². The van der Waals surface area contributed by atoms with Crippen LogP contribution in [0.5, 0.6) is 0 Å². The van der Waals surface area contributed by atoms with Crippen LogP contribution in [0.3, 0.4) is 0 Å². The maximum Gasteiger partial charge on any atom is 0.313 e. The number of carbonyl (C=O) groups is 2. The second kappa shape index (κ2) is 4.16. The van der Waals surface area contributed by atoms with E-state index in [2.05, 4.69) is 13.0 Å². The summed E-state index contributed by atoms with van der Waals surface area (Å²) in [6.07, 6.45) is 2.19. The highest BCUT2D eigenvalue weighted by Crippen LogP contribution is 2.66. The van der Waals surface area contributed by atoms with E-state index in [0.717, 1.165) is 12.1 Å². The van der Waals surface area contributed by atoms with E-state index in [1.165, 1.54) is 5.56 Å². The molecule has 2 bridgehead atoms. The molecule has 0 aromatic heterocycles. The summed E-state index contributed by atoms with van der Waals surface area (Å²) in [4.78, 5) is 27.8. The maximum atomic E-state index is 13.6. The monoisotopic (exact) mass is 313 g/mol. The minimum Gasteiger partial charge on any atom is -0.448 e. The van der Waals surface area contributed by atoms with Crippen LogP contribution >= 0.6 is 0 Å². The molecule has 1 aromatic carbocycles.